The van der Waals surface area contributed by atoms with E-state index in [2.05, 4.69) is 51.6 Å². The number of amides is 1. The Labute approximate surface area is 161 Å². The maximum absolute atomic E-state index is 12.4. The molecule has 2 N–H and O–H groups in total. The Hall–Kier alpha value is -2.60. The molecule has 0 spiro atoms. The van der Waals surface area contributed by atoms with Crippen molar-refractivity contribution >= 4 is 23.0 Å². The molecule has 27 heavy (non-hydrogen) atoms. The number of rotatable bonds is 8. The summed E-state index contributed by atoms with van der Waals surface area (Å²) in [6.45, 7) is 4.16. The van der Waals surface area contributed by atoms with Crippen LogP contribution in [0.15, 0.2) is 42.6 Å². The fourth-order valence-electron chi connectivity index (χ4n) is 3.19. The van der Waals surface area contributed by atoms with E-state index in [0.717, 1.165) is 44.0 Å². The highest BCUT2D eigenvalue weighted by Crippen LogP contribution is 2.22. The molecule has 2 aromatic rings. The quantitative estimate of drug-likeness (QED) is 0.701. The Morgan fingerprint density at radius 2 is 1.78 bits per heavy atom. The van der Waals surface area contributed by atoms with E-state index in [9.17, 15) is 4.79 Å². The van der Waals surface area contributed by atoms with Crippen LogP contribution in [0.5, 0.6) is 0 Å². The lowest BCUT2D eigenvalue weighted by Gasteiger charge is -2.17. The number of hydrogen-bond acceptors (Lipinski definition) is 5. The number of aromatic nitrogens is 1. The molecule has 0 radical (unpaired) electrons. The molecule has 144 valence electrons. The van der Waals surface area contributed by atoms with Crippen molar-refractivity contribution in [2.75, 3.05) is 55.8 Å². The first-order valence-corrected chi connectivity index (χ1v) is 9.63. The van der Waals surface area contributed by atoms with Crippen molar-refractivity contribution < 1.29 is 4.79 Å². The van der Waals surface area contributed by atoms with Crippen molar-refractivity contribution in [2.24, 2.45) is 0 Å². The summed E-state index contributed by atoms with van der Waals surface area (Å²) in [6, 6.07) is 11.7. The number of carbonyl (C=O) groups excluding carboxylic acids is 1. The molecule has 0 aliphatic carbocycles. The van der Waals surface area contributed by atoms with Gasteiger partial charge in [-0.25, -0.2) is 4.98 Å². The molecule has 0 saturated carbocycles. The molecule has 0 bridgehead atoms. The molecule has 1 aliphatic rings. The third-order valence-corrected chi connectivity index (χ3v) is 4.70. The van der Waals surface area contributed by atoms with Crippen molar-refractivity contribution in [3.63, 3.8) is 0 Å². The average Bonchev–Trinajstić information content (AvgIpc) is 3.21. The number of nitrogens with one attached hydrogen (secondary N) is 2. The standard InChI is InChI=1S/C21H29N5O/c1-25(2)13-5-12-22-18-8-11-20(23-16-18)21(27)24-17-6-9-19(10-7-17)26-14-3-4-15-26/h6-11,16,22H,3-5,12-15H2,1-2H3,(H,24,27). The lowest BCUT2D eigenvalue weighted by Crippen LogP contribution is -2.18. The second-order valence-electron chi connectivity index (χ2n) is 7.21. The highest BCUT2D eigenvalue weighted by molar-refractivity contribution is 6.03. The molecule has 1 fully saturated rings. The van der Waals surface area contributed by atoms with Crippen LogP contribution < -0.4 is 15.5 Å². The zero-order chi connectivity index (χ0) is 19.1. The second kappa shape index (κ2) is 9.37. The van der Waals surface area contributed by atoms with Gasteiger partial charge in [-0.3, -0.25) is 4.79 Å². The lowest BCUT2D eigenvalue weighted by atomic mass is 10.2. The first-order chi connectivity index (χ1) is 13.1. The smallest absolute Gasteiger partial charge is 0.274 e. The molecular formula is C21H29N5O. The van der Waals surface area contributed by atoms with E-state index in [1.54, 1.807) is 12.3 Å². The van der Waals surface area contributed by atoms with Gasteiger partial charge in [0.15, 0.2) is 0 Å². The van der Waals surface area contributed by atoms with Gasteiger partial charge in [0.05, 0.1) is 11.9 Å². The number of nitrogens with zero attached hydrogens (tertiary/aromatic N) is 3. The van der Waals surface area contributed by atoms with E-state index < -0.39 is 0 Å². The highest BCUT2D eigenvalue weighted by atomic mass is 16.1. The average molecular weight is 367 g/mol. The van der Waals surface area contributed by atoms with Gasteiger partial charge in [-0.1, -0.05) is 0 Å². The molecule has 1 saturated heterocycles. The van der Waals surface area contributed by atoms with Gasteiger partial charge < -0.3 is 20.4 Å². The number of benzene rings is 1. The fourth-order valence-corrected chi connectivity index (χ4v) is 3.19. The van der Waals surface area contributed by atoms with Crippen LogP contribution in [-0.2, 0) is 0 Å². The van der Waals surface area contributed by atoms with Gasteiger partial charge in [0, 0.05) is 31.0 Å². The predicted molar refractivity (Wildman–Crippen MR) is 112 cm³/mol. The Balaban J connectivity index is 1.50. The summed E-state index contributed by atoms with van der Waals surface area (Å²) in [4.78, 5) is 21.2. The van der Waals surface area contributed by atoms with E-state index >= 15 is 0 Å². The first kappa shape index (κ1) is 19.2. The van der Waals surface area contributed by atoms with Crippen LogP contribution in [0.4, 0.5) is 17.1 Å². The minimum absolute atomic E-state index is 0.192. The summed E-state index contributed by atoms with van der Waals surface area (Å²) < 4.78 is 0. The topological polar surface area (TPSA) is 60.5 Å². The summed E-state index contributed by atoms with van der Waals surface area (Å²) in [7, 11) is 4.13. The van der Waals surface area contributed by atoms with Crippen molar-refractivity contribution in [3.05, 3.63) is 48.3 Å². The van der Waals surface area contributed by atoms with Gasteiger partial charge in [0.2, 0.25) is 0 Å². The number of carbonyl (C=O) groups is 1. The zero-order valence-corrected chi connectivity index (χ0v) is 16.2. The maximum atomic E-state index is 12.4. The van der Waals surface area contributed by atoms with Gasteiger partial charge in [-0.05, 0) is 76.3 Å². The fraction of sp³-hybridized carbons (Fsp3) is 0.429. The summed E-state index contributed by atoms with van der Waals surface area (Å²) in [5.74, 6) is -0.192. The Morgan fingerprint density at radius 1 is 1.07 bits per heavy atom. The molecule has 0 unspecified atom stereocenters. The van der Waals surface area contributed by atoms with E-state index in [1.807, 2.05) is 18.2 Å². The second-order valence-corrected chi connectivity index (χ2v) is 7.21. The SMILES string of the molecule is CN(C)CCCNc1ccc(C(=O)Nc2ccc(N3CCCC3)cc2)nc1. The normalized spacial score (nSPS) is 13.8. The van der Waals surface area contributed by atoms with E-state index in [1.165, 1.54) is 18.5 Å². The highest BCUT2D eigenvalue weighted by Gasteiger charge is 2.12. The summed E-state index contributed by atoms with van der Waals surface area (Å²) in [5.41, 5.74) is 3.35. The molecule has 1 aromatic carbocycles. The summed E-state index contributed by atoms with van der Waals surface area (Å²) in [6.07, 6.45) is 5.28. The van der Waals surface area contributed by atoms with E-state index in [0.29, 0.717) is 5.69 Å². The number of pyridine rings is 1. The van der Waals surface area contributed by atoms with Gasteiger partial charge in [0.1, 0.15) is 5.69 Å². The van der Waals surface area contributed by atoms with Crippen LogP contribution >= 0.6 is 0 Å². The molecule has 3 rings (SSSR count). The molecule has 6 nitrogen and oxygen atoms in total. The largest absolute Gasteiger partial charge is 0.384 e. The van der Waals surface area contributed by atoms with Crippen LogP contribution in [0.25, 0.3) is 0 Å². The third kappa shape index (κ3) is 5.69. The van der Waals surface area contributed by atoms with Gasteiger partial charge in [-0.15, -0.1) is 0 Å². The maximum Gasteiger partial charge on any atom is 0.274 e. The Bertz CT molecular complexity index is 721. The third-order valence-electron chi connectivity index (χ3n) is 4.70. The molecular weight excluding hydrogens is 338 g/mol. The summed E-state index contributed by atoms with van der Waals surface area (Å²) >= 11 is 0. The predicted octanol–water partition coefficient (Wildman–Crippen LogP) is 3.30. The van der Waals surface area contributed by atoms with Gasteiger partial charge in [-0.2, -0.15) is 0 Å². The Morgan fingerprint density at radius 3 is 2.41 bits per heavy atom. The van der Waals surface area contributed by atoms with Crippen LogP contribution in [0.1, 0.15) is 29.8 Å². The van der Waals surface area contributed by atoms with Crippen molar-refractivity contribution in [2.45, 2.75) is 19.3 Å². The minimum atomic E-state index is -0.192. The number of hydrogen-bond donors (Lipinski definition) is 2. The molecule has 1 aliphatic heterocycles. The van der Waals surface area contributed by atoms with Crippen molar-refractivity contribution in [1.82, 2.24) is 9.88 Å². The van der Waals surface area contributed by atoms with Crippen LogP contribution in [0.3, 0.4) is 0 Å². The van der Waals surface area contributed by atoms with E-state index in [4.69, 9.17) is 0 Å². The van der Waals surface area contributed by atoms with Gasteiger partial charge >= 0.3 is 0 Å². The van der Waals surface area contributed by atoms with Gasteiger partial charge in [0.25, 0.3) is 5.91 Å². The molecule has 1 aromatic heterocycles. The number of anilines is 3. The Kier molecular flexibility index (Phi) is 6.65. The summed E-state index contributed by atoms with van der Waals surface area (Å²) in [5, 5.41) is 6.24. The van der Waals surface area contributed by atoms with Crippen LogP contribution in [-0.4, -0.2) is 56.1 Å². The van der Waals surface area contributed by atoms with Crippen molar-refractivity contribution in [3.8, 4) is 0 Å². The molecule has 6 heteroatoms. The molecule has 0 atom stereocenters. The monoisotopic (exact) mass is 367 g/mol. The minimum Gasteiger partial charge on any atom is -0.384 e. The van der Waals surface area contributed by atoms with E-state index in [-0.39, 0.29) is 5.91 Å². The lowest BCUT2D eigenvalue weighted by molar-refractivity contribution is 0.102. The van der Waals surface area contributed by atoms with Crippen LogP contribution in [0, 0.1) is 0 Å². The molecule has 1 amide bonds. The first-order valence-electron chi connectivity index (χ1n) is 9.63. The van der Waals surface area contributed by atoms with Crippen molar-refractivity contribution in [1.29, 1.82) is 0 Å². The van der Waals surface area contributed by atoms with Crippen LogP contribution in [0.2, 0.25) is 0 Å². The zero-order valence-electron chi connectivity index (χ0n) is 16.2. The molecule has 2 heterocycles.